The molecule has 3 heterocycles. The molecule has 2 aromatic rings. The summed E-state index contributed by atoms with van der Waals surface area (Å²) < 4.78 is 25.2. The van der Waals surface area contributed by atoms with E-state index in [0.29, 0.717) is 0 Å². The van der Waals surface area contributed by atoms with Gasteiger partial charge in [0, 0.05) is 34.9 Å². The third kappa shape index (κ3) is 4.19. The Balaban J connectivity index is 2.21. The summed E-state index contributed by atoms with van der Waals surface area (Å²) in [6, 6.07) is 0. The van der Waals surface area contributed by atoms with Crippen molar-refractivity contribution in [1.82, 2.24) is 18.7 Å². The minimum absolute atomic E-state index is 0.0154. The standard InChI is InChI=1S/C18H21BrN4O9/c1-7(24)29-6-10-12(30-8(2)25)13(31-9(3)26)16(32-10)23-11-14(20-17(23)19)21(4)18(28)22(5)15(11)27/h10,12-13,16H,6H2,1-5H3/t10-,12+,13-,16+/m0/s1. The van der Waals surface area contributed by atoms with Crippen molar-refractivity contribution in [3.63, 3.8) is 0 Å². The maximum Gasteiger partial charge on any atom is 0.332 e. The molecule has 2 aromatic heterocycles. The van der Waals surface area contributed by atoms with E-state index >= 15 is 0 Å². The van der Waals surface area contributed by atoms with E-state index in [2.05, 4.69) is 20.9 Å². The van der Waals surface area contributed by atoms with Gasteiger partial charge in [0.05, 0.1) is 0 Å². The minimum atomic E-state index is -1.22. The first-order chi connectivity index (χ1) is 14.9. The van der Waals surface area contributed by atoms with Crippen LogP contribution in [0.25, 0.3) is 11.2 Å². The molecule has 0 aromatic carbocycles. The van der Waals surface area contributed by atoms with Gasteiger partial charge in [0.15, 0.2) is 34.3 Å². The third-order valence-corrected chi connectivity index (χ3v) is 5.40. The predicted octanol–water partition coefficient (Wildman–Crippen LogP) is -0.480. The molecule has 4 atom stereocenters. The number of aryl methyl sites for hydroxylation is 1. The van der Waals surface area contributed by atoms with Crippen molar-refractivity contribution in [3.05, 3.63) is 25.6 Å². The maximum atomic E-state index is 12.9. The molecule has 1 fully saturated rings. The van der Waals surface area contributed by atoms with E-state index in [4.69, 9.17) is 18.9 Å². The molecule has 3 rings (SSSR count). The fourth-order valence-electron chi connectivity index (χ4n) is 3.52. The highest BCUT2D eigenvalue weighted by Crippen LogP contribution is 2.37. The van der Waals surface area contributed by atoms with Crippen LogP contribution in [-0.2, 0) is 47.4 Å². The first-order valence-corrected chi connectivity index (χ1v) is 10.2. The number of carbonyl (C=O) groups excluding carboxylic acids is 3. The second kappa shape index (κ2) is 8.86. The van der Waals surface area contributed by atoms with Crippen LogP contribution < -0.4 is 11.2 Å². The van der Waals surface area contributed by atoms with Crippen molar-refractivity contribution in [1.29, 1.82) is 0 Å². The lowest BCUT2D eigenvalue weighted by Crippen LogP contribution is -2.41. The Morgan fingerprint density at radius 1 is 1.00 bits per heavy atom. The van der Waals surface area contributed by atoms with Crippen LogP contribution in [0.3, 0.4) is 0 Å². The van der Waals surface area contributed by atoms with Crippen LogP contribution in [0.15, 0.2) is 14.3 Å². The van der Waals surface area contributed by atoms with Gasteiger partial charge < -0.3 is 18.9 Å². The number of nitrogens with zero attached hydrogens (tertiary/aromatic N) is 4. The lowest BCUT2D eigenvalue weighted by atomic mass is 10.1. The van der Waals surface area contributed by atoms with Crippen molar-refractivity contribution < 1.29 is 33.3 Å². The zero-order chi connectivity index (χ0) is 23.9. The number of ether oxygens (including phenoxy) is 4. The van der Waals surface area contributed by atoms with Gasteiger partial charge in [-0.1, -0.05) is 0 Å². The number of imidazole rings is 1. The number of aromatic nitrogens is 4. The smallest absolute Gasteiger partial charge is 0.332 e. The lowest BCUT2D eigenvalue weighted by molar-refractivity contribution is -0.166. The summed E-state index contributed by atoms with van der Waals surface area (Å²) in [5.74, 6) is -1.98. The van der Waals surface area contributed by atoms with E-state index < -0.39 is 53.7 Å². The van der Waals surface area contributed by atoms with Crippen molar-refractivity contribution >= 4 is 45.0 Å². The fourth-order valence-corrected chi connectivity index (χ4v) is 4.07. The molecular formula is C18H21BrN4O9. The van der Waals surface area contributed by atoms with E-state index in [-0.39, 0.29) is 22.5 Å². The largest absolute Gasteiger partial charge is 0.463 e. The van der Waals surface area contributed by atoms with Crippen molar-refractivity contribution in [2.75, 3.05) is 6.61 Å². The number of hydrogen-bond acceptors (Lipinski definition) is 10. The molecule has 0 N–H and O–H groups in total. The van der Waals surface area contributed by atoms with Gasteiger partial charge in [-0.05, 0) is 15.9 Å². The molecule has 32 heavy (non-hydrogen) atoms. The SMILES string of the molecule is CC(=O)OC[C@@H]1O[C@@H](n2c(Br)nc3c2c(=O)n(C)c(=O)n3C)[C@@H](OC(C)=O)[C@@H]1OC(C)=O. The Morgan fingerprint density at radius 2 is 1.59 bits per heavy atom. The van der Waals surface area contributed by atoms with Gasteiger partial charge in [-0.3, -0.25) is 32.9 Å². The van der Waals surface area contributed by atoms with Crippen LogP contribution in [0.2, 0.25) is 0 Å². The highest BCUT2D eigenvalue weighted by atomic mass is 79.9. The fraction of sp³-hybridized carbons (Fsp3) is 0.556. The van der Waals surface area contributed by atoms with Crippen molar-refractivity contribution in [2.24, 2.45) is 14.1 Å². The Hall–Kier alpha value is -3.00. The maximum absolute atomic E-state index is 12.9. The highest BCUT2D eigenvalue weighted by Gasteiger charge is 2.51. The monoisotopic (exact) mass is 516 g/mol. The van der Waals surface area contributed by atoms with E-state index in [9.17, 15) is 24.0 Å². The van der Waals surface area contributed by atoms with Gasteiger partial charge in [-0.25, -0.2) is 9.78 Å². The zero-order valence-corrected chi connectivity index (χ0v) is 19.4. The molecule has 0 unspecified atom stereocenters. The van der Waals surface area contributed by atoms with E-state index in [1.165, 1.54) is 30.2 Å². The second-order valence-corrected chi connectivity index (χ2v) is 7.85. The molecule has 0 saturated carbocycles. The van der Waals surface area contributed by atoms with E-state index in [1.54, 1.807) is 0 Å². The van der Waals surface area contributed by atoms with Gasteiger partial charge in [-0.2, -0.15) is 0 Å². The summed E-state index contributed by atoms with van der Waals surface area (Å²) in [5, 5.41) is 0. The van der Waals surface area contributed by atoms with Crippen LogP contribution in [0.5, 0.6) is 0 Å². The normalized spacial score (nSPS) is 22.7. The van der Waals surface area contributed by atoms with Crippen LogP contribution in [0.4, 0.5) is 0 Å². The first-order valence-electron chi connectivity index (χ1n) is 9.40. The van der Waals surface area contributed by atoms with Crippen LogP contribution in [-0.4, -0.2) is 61.5 Å². The Labute approximate surface area is 188 Å². The molecule has 1 saturated heterocycles. The molecule has 0 aliphatic carbocycles. The Morgan fingerprint density at radius 3 is 2.16 bits per heavy atom. The van der Waals surface area contributed by atoms with Gasteiger partial charge in [0.25, 0.3) is 5.56 Å². The summed E-state index contributed by atoms with van der Waals surface area (Å²) in [6.07, 6.45) is -4.58. The van der Waals surface area contributed by atoms with Crippen LogP contribution in [0.1, 0.15) is 27.0 Å². The molecule has 13 nitrogen and oxygen atoms in total. The number of carbonyl (C=O) groups is 3. The minimum Gasteiger partial charge on any atom is -0.463 e. The topological polar surface area (TPSA) is 150 Å². The summed E-state index contributed by atoms with van der Waals surface area (Å²) in [5.41, 5.74) is -1.21. The summed E-state index contributed by atoms with van der Waals surface area (Å²) >= 11 is 3.26. The Bertz CT molecular complexity index is 1210. The van der Waals surface area contributed by atoms with E-state index in [0.717, 1.165) is 18.4 Å². The number of fused-ring (bicyclic) bond motifs is 1. The molecule has 0 spiro atoms. The number of rotatable bonds is 5. The second-order valence-electron chi connectivity index (χ2n) is 7.14. The molecule has 174 valence electrons. The molecule has 14 heteroatoms. The first kappa shape index (κ1) is 23.7. The zero-order valence-electron chi connectivity index (χ0n) is 17.9. The summed E-state index contributed by atoms with van der Waals surface area (Å²) in [4.78, 5) is 64.3. The Kier molecular flexibility index (Phi) is 6.55. The molecule has 0 bridgehead atoms. The van der Waals surface area contributed by atoms with Crippen LogP contribution in [0, 0.1) is 0 Å². The molecule has 1 aliphatic heterocycles. The number of hydrogen-bond donors (Lipinski definition) is 0. The highest BCUT2D eigenvalue weighted by molar-refractivity contribution is 9.10. The summed E-state index contributed by atoms with van der Waals surface area (Å²) in [7, 11) is 2.75. The van der Waals surface area contributed by atoms with Crippen LogP contribution >= 0.6 is 15.9 Å². The molecule has 1 aliphatic rings. The van der Waals surface area contributed by atoms with Crippen molar-refractivity contribution in [3.8, 4) is 0 Å². The molecule has 0 radical (unpaired) electrons. The average molecular weight is 517 g/mol. The van der Waals surface area contributed by atoms with Gasteiger partial charge >= 0.3 is 23.6 Å². The number of halogens is 1. The number of esters is 3. The molecule has 0 amide bonds. The van der Waals surface area contributed by atoms with Gasteiger partial charge in [0.2, 0.25) is 0 Å². The van der Waals surface area contributed by atoms with Crippen molar-refractivity contribution in [2.45, 2.75) is 45.3 Å². The van der Waals surface area contributed by atoms with Gasteiger partial charge in [-0.15, -0.1) is 0 Å². The quantitative estimate of drug-likeness (QED) is 0.289. The molecular weight excluding hydrogens is 496 g/mol. The van der Waals surface area contributed by atoms with Gasteiger partial charge in [0.1, 0.15) is 12.7 Å². The summed E-state index contributed by atoms with van der Waals surface area (Å²) in [6.45, 7) is 3.21. The third-order valence-electron chi connectivity index (χ3n) is 4.84. The lowest BCUT2D eigenvalue weighted by Gasteiger charge is -2.24. The predicted molar refractivity (Wildman–Crippen MR) is 110 cm³/mol. The van der Waals surface area contributed by atoms with E-state index in [1.807, 2.05) is 0 Å². The average Bonchev–Trinajstić information content (AvgIpc) is 3.20.